The molecule has 0 fully saturated rings. The molecular weight excluding hydrogens is 455 g/mol. The van der Waals surface area contributed by atoms with E-state index in [1.54, 1.807) is 0 Å². The van der Waals surface area contributed by atoms with E-state index in [2.05, 4.69) is 102 Å². The Balaban J connectivity index is 5.95. The second kappa shape index (κ2) is 9.66. The van der Waals surface area contributed by atoms with Crippen LogP contribution in [0.4, 0.5) is 0 Å². The summed E-state index contributed by atoms with van der Waals surface area (Å²) in [6.07, 6.45) is 0. The van der Waals surface area contributed by atoms with E-state index in [4.69, 9.17) is 4.43 Å². The molecule has 0 radical (unpaired) electrons. The molecule has 1 amide bonds. The number of carbonyl (C=O) groups excluding carboxylic acids is 2. The van der Waals surface area contributed by atoms with Gasteiger partial charge in [0, 0.05) is 0 Å². The lowest BCUT2D eigenvalue weighted by Crippen LogP contribution is -2.61. The Hall–Kier alpha value is -0.0594. The third-order valence-corrected chi connectivity index (χ3v) is 27.0. The molecule has 1 unspecified atom stereocenters. The fourth-order valence-electron chi connectivity index (χ4n) is 2.44. The quantitative estimate of drug-likeness (QED) is 0.336. The first-order valence-corrected chi connectivity index (χ1v) is 21.9. The highest BCUT2D eigenvalue weighted by Gasteiger charge is 2.48. The van der Waals surface area contributed by atoms with Crippen LogP contribution in [0.15, 0.2) is 0 Å². The third kappa shape index (κ3) is 7.74. The van der Waals surface area contributed by atoms with Crippen LogP contribution in [0.2, 0.25) is 54.4 Å². The van der Waals surface area contributed by atoms with E-state index in [0.717, 1.165) is 0 Å². The molecule has 1 atom stereocenters. The maximum absolute atomic E-state index is 13.8. The van der Waals surface area contributed by atoms with Crippen LogP contribution in [0.1, 0.15) is 69.2 Å². The predicted molar refractivity (Wildman–Crippen MR) is 146 cm³/mol. The zero-order chi connectivity index (χ0) is 25.4. The summed E-state index contributed by atoms with van der Waals surface area (Å²) in [6, 6.07) is 0. The minimum Gasteiger partial charge on any atom is -0.518 e. The summed E-state index contributed by atoms with van der Waals surface area (Å²) in [5, 5.41) is -0.0908. The molecule has 0 aromatic rings. The van der Waals surface area contributed by atoms with Crippen LogP contribution in [-0.2, 0) is 14.0 Å². The monoisotopic (exact) mass is 505 g/mol. The molecule has 0 heterocycles. The minimum absolute atomic E-state index is 0.0543. The van der Waals surface area contributed by atoms with Crippen LogP contribution in [0.5, 0.6) is 0 Å². The SMILES string of the molecule is CC(S[Si](C)(C)C(C)(C)C)C(=O)N(CC(=O)O[Si](C)(C)C(C)(C)C)[Si](C)(C)C(C)(C)C. The van der Waals surface area contributed by atoms with Crippen molar-refractivity contribution in [3.05, 3.63) is 0 Å². The van der Waals surface area contributed by atoms with E-state index in [-0.39, 0.29) is 38.8 Å². The summed E-state index contributed by atoms with van der Waals surface area (Å²) in [7, 11) is -6.21. The zero-order valence-corrected chi connectivity index (χ0v) is 27.2. The molecule has 0 saturated carbocycles. The molecule has 0 aliphatic rings. The Morgan fingerprint density at radius 1 is 0.806 bits per heavy atom. The van der Waals surface area contributed by atoms with Crippen molar-refractivity contribution in [1.29, 1.82) is 0 Å². The Labute approximate surface area is 200 Å². The molecular formula is C23H51NO3SSi3. The maximum atomic E-state index is 13.8. The molecule has 0 aromatic heterocycles. The lowest BCUT2D eigenvalue weighted by atomic mass is 10.2. The van der Waals surface area contributed by atoms with Crippen LogP contribution in [-0.4, -0.2) is 52.0 Å². The third-order valence-electron chi connectivity index (χ3n) is 7.86. The fourth-order valence-corrected chi connectivity index (χ4v) is 11.0. The van der Waals surface area contributed by atoms with Gasteiger partial charge in [-0.2, -0.15) is 11.2 Å². The van der Waals surface area contributed by atoms with Gasteiger partial charge in [-0.05, 0) is 35.1 Å². The van der Waals surface area contributed by atoms with E-state index in [0.29, 0.717) is 0 Å². The number of hydrogen-bond acceptors (Lipinski definition) is 4. The van der Waals surface area contributed by atoms with E-state index < -0.39 is 23.8 Å². The predicted octanol–water partition coefficient (Wildman–Crippen LogP) is 7.50. The Kier molecular flexibility index (Phi) is 9.65. The van der Waals surface area contributed by atoms with Crippen LogP contribution in [0.3, 0.4) is 0 Å². The van der Waals surface area contributed by atoms with Crippen LogP contribution >= 0.6 is 11.2 Å². The summed E-state index contributed by atoms with van der Waals surface area (Å²) < 4.78 is 7.98. The molecule has 0 N–H and O–H groups in total. The minimum atomic E-state index is -2.26. The topological polar surface area (TPSA) is 46.6 Å². The van der Waals surface area contributed by atoms with Gasteiger partial charge in [0.15, 0.2) is 8.24 Å². The van der Waals surface area contributed by atoms with Crippen molar-refractivity contribution in [1.82, 2.24) is 4.57 Å². The van der Waals surface area contributed by atoms with Gasteiger partial charge in [-0.3, -0.25) is 9.59 Å². The van der Waals surface area contributed by atoms with Crippen molar-refractivity contribution < 1.29 is 14.0 Å². The van der Waals surface area contributed by atoms with Crippen molar-refractivity contribution in [2.24, 2.45) is 0 Å². The van der Waals surface area contributed by atoms with Gasteiger partial charge in [0.05, 0.1) is 5.25 Å². The summed E-state index contributed by atoms with van der Waals surface area (Å²) in [4.78, 5) is 26.9. The molecule has 8 heteroatoms. The lowest BCUT2D eigenvalue weighted by molar-refractivity contribution is -0.140. The number of hydrogen-bond donors (Lipinski definition) is 0. The summed E-state index contributed by atoms with van der Waals surface area (Å²) in [5.41, 5.74) is 0. The highest BCUT2D eigenvalue weighted by Crippen LogP contribution is 2.46. The number of amides is 1. The second-order valence-corrected chi connectivity index (χ2v) is 32.6. The molecule has 0 aromatic carbocycles. The van der Waals surface area contributed by atoms with Gasteiger partial charge < -0.3 is 8.99 Å². The van der Waals surface area contributed by atoms with Crippen molar-refractivity contribution in [2.45, 2.75) is 129 Å². The largest absolute Gasteiger partial charge is 0.518 e. The molecule has 0 bridgehead atoms. The van der Waals surface area contributed by atoms with Crippen molar-refractivity contribution in [3.63, 3.8) is 0 Å². The Morgan fingerprint density at radius 2 is 1.23 bits per heavy atom. The highest BCUT2D eigenvalue weighted by atomic mass is 32.4. The zero-order valence-electron chi connectivity index (χ0n) is 23.4. The van der Waals surface area contributed by atoms with Crippen LogP contribution in [0.25, 0.3) is 0 Å². The first-order chi connectivity index (χ1) is 13.3. The van der Waals surface area contributed by atoms with Crippen LogP contribution in [0, 0.1) is 0 Å². The molecule has 0 saturated heterocycles. The van der Waals surface area contributed by atoms with Gasteiger partial charge in [0.25, 0.3) is 8.32 Å². The lowest BCUT2D eigenvalue weighted by Gasteiger charge is -2.47. The van der Waals surface area contributed by atoms with Gasteiger partial charge in [0.2, 0.25) is 5.91 Å². The number of rotatable bonds is 7. The summed E-state index contributed by atoms with van der Waals surface area (Å²) in [5.74, 6) is -0.164. The number of nitrogens with zero attached hydrogens (tertiary/aromatic N) is 1. The number of carbonyl (C=O) groups is 2. The van der Waals surface area contributed by atoms with Gasteiger partial charge >= 0.3 is 5.97 Å². The van der Waals surface area contributed by atoms with Gasteiger partial charge in [-0.25, -0.2) is 0 Å². The van der Waals surface area contributed by atoms with E-state index in [9.17, 15) is 9.59 Å². The molecule has 0 aliphatic carbocycles. The second-order valence-electron chi connectivity index (χ2n) is 13.5. The fraction of sp³-hybridized carbons (Fsp3) is 0.913. The average molecular weight is 506 g/mol. The molecule has 0 spiro atoms. The van der Waals surface area contributed by atoms with Gasteiger partial charge in [-0.15, -0.1) is 0 Å². The Morgan fingerprint density at radius 3 is 1.55 bits per heavy atom. The van der Waals surface area contributed by atoms with E-state index >= 15 is 0 Å². The van der Waals surface area contributed by atoms with Crippen molar-refractivity contribution in [3.8, 4) is 0 Å². The molecule has 0 aliphatic heterocycles. The molecule has 4 nitrogen and oxygen atoms in total. The van der Waals surface area contributed by atoms with E-state index in [1.165, 1.54) is 0 Å². The maximum Gasteiger partial charge on any atom is 0.311 e. The summed E-state index contributed by atoms with van der Waals surface area (Å²) in [6.45, 7) is 35.1. The first kappa shape index (κ1) is 30.9. The molecule has 0 rings (SSSR count). The standard InChI is InChI=1S/C23H51NO3SSi3/c1-18(28-31(15,16)23(8,9)10)20(26)24(29(11,12)21(2,3)4)17-19(25)27-30(13,14)22(5,6)7/h18H,17H2,1-16H3. The smallest absolute Gasteiger partial charge is 0.311 e. The molecule has 31 heavy (non-hydrogen) atoms. The Bertz CT molecular complexity index is 656. The summed E-state index contributed by atoms with van der Waals surface area (Å²) >= 11 is 1.84. The van der Waals surface area contributed by atoms with E-state index in [1.807, 2.05) is 22.7 Å². The van der Waals surface area contributed by atoms with Crippen LogP contribution < -0.4 is 0 Å². The average Bonchev–Trinajstić information content (AvgIpc) is 2.47. The van der Waals surface area contributed by atoms with Gasteiger partial charge in [0.1, 0.15) is 13.8 Å². The normalized spacial score (nSPS) is 15.5. The highest BCUT2D eigenvalue weighted by molar-refractivity contribution is 8.29. The van der Waals surface area contributed by atoms with Crippen molar-refractivity contribution >= 4 is 46.9 Å². The first-order valence-electron chi connectivity index (χ1n) is 11.5. The van der Waals surface area contributed by atoms with Gasteiger partial charge in [-0.1, -0.05) is 88.5 Å². The molecule has 184 valence electrons. The van der Waals surface area contributed by atoms with Crippen molar-refractivity contribution in [2.75, 3.05) is 6.54 Å².